The summed E-state index contributed by atoms with van der Waals surface area (Å²) in [5.74, 6) is 1.50. The first kappa shape index (κ1) is 20.9. The summed E-state index contributed by atoms with van der Waals surface area (Å²) in [6.07, 6.45) is 2.33. The molecule has 1 aromatic carbocycles. The summed E-state index contributed by atoms with van der Waals surface area (Å²) in [6, 6.07) is 11.1. The van der Waals surface area contributed by atoms with Gasteiger partial charge in [-0.05, 0) is 73.8 Å². The van der Waals surface area contributed by atoms with Gasteiger partial charge < -0.3 is 15.4 Å². The van der Waals surface area contributed by atoms with Crippen LogP contribution in [0.3, 0.4) is 0 Å². The quantitative estimate of drug-likeness (QED) is 0.601. The van der Waals surface area contributed by atoms with Crippen molar-refractivity contribution >= 4 is 5.91 Å². The molecule has 0 unspecified atom stereocenters. The van der Waals surface area contributed by atoms with Crippen LogP contribution in [-0.2, 0) is 13.1 Å². The van der Waals surface area contributed by atoms with Gasteiger partial charge in [-0.3, -0.25) is 4.79 Å². The fourth-order valence-corrected chi connectivity index (χ4v) is 3.72. The van der Waals surface area contributed by atoms with Gasteiger partial charge in [0, 0.05) is 17.8 Å². The number of nitrogens with zero attached hydrogens (tertiary/aromatic N) is 5. The minimum atomic E-state index is -0.256. The number of rotatable bonds is 7. The second-order valence-electron chi connectivity index (χ2n) is 7.80. The number of aryl methyl sites for hydroxylation is 1. The number of carbonyl (C=O) groups is 1. The Bertz CT molecular complexity index is 1040. The zero-order chi connectivity index (χ0) is 21.6. The smallest absolute Gasteiger partial charge is 0.270 e. The van der Waals surface area contributed by atoms with Crippen LogP contribution in [0.5, 0.6) is 5.75 Å². The number of hydrogen-bond acceptors (Lipinski definition) is 7. The molecule has 2 N–H and O–H groups in total. The van der Waals surface area contributed by atoms with Crippen molar-refractivity contribution in [1.82, 2.24) is 35.8 Å². The number of carbonyl (C=O) groups excluding carboxylic acids is 1. The highest BCUT2D eigenvalue weighted by Gasteiger charge is 2.17. The monoisotopic (exact) mass is 421 g/mol. The molecule has 1 aliphatic rings. The lowest BCUT2D eigenvalue weighted by Crippen LogP contribution is -2.32. The van der Waals surface area contributed by atoms with Crippen LogP contribution in [0.1, 0.15) is 34.6 Å². The van der Waals surface area contributed by atoms with E-state index in [1.165, 1.54) is 6.42 Å². The molecule has 31 heavy (non-hydrogen) atoms. The van der Waals surface area contributed by atoms with Crippen molar-refractivity contribution in [2.24, 2.45) is 5.92 Å². The van der Waals surface area contributed by atoms with Crippen molar-refractivity contribution < 1.29 is 9.53 Å². The lowest BCUT2D eigenvalue weighted by molar-refractivity contribution is 0.0945. The second-order valence-corrected chi connectivity index (χ2v) is 7.80. The molecule has 0 saturated carbocycles. The Morgan fingerprint density at radius 3 is 3.03 bits per heavy atom. The number of piperidine rings is 1. The van der Waals surface area contributed by atoms with Gasteiger partial charge in [0.15, 0.2) is 0 Å². The minimum absolute atomic E-state index is 0.256. The van der Waals surface area contributed by atoms with Gasteiger partial charge in [-0.1, -0.05) is 12.1 Å². The van der Waals surface area contributed by atoms with Gasteiger partial charge in [0.2, 0.25) is 5.82 Å². The van der Waals surface area contributed by atoms with E-state index in [1.54, 1.807) is 18.0 Å². The molecule has 4 rings (SSSR count). The summed E-state index contributed by atoms with van der Waals surface area (Å²) in [5.41, 5.74) is 2.72. The molecule has 0 bridgehead atoms. The van der Waals surface area contributed by atoms with E-state index in [0.29, 0.717) is 24.0 Å². The first-order chi connectivity index (χ1) is 15.1. The number of benzene rings is 1. The molecule has 162 valence electrons. The highest BCUT2D eigenvalue weighted by Crippen LogP contribution is 2.18. The third-order valence-electron chi connectivity index (χ3n) is 5.30. The predicted molar refractivity (Wildman–Crippen MR) is 116 cm³/mol. The summed E-state index contributed by atoms with van der Waals surface area (Å²) in [4.78, 5) is 18.7. The largest absolute Gasteiger partial charge is 0.497 e. The topological polar surface area (TPSA) is 107 Å². The molecule has 1 amide bonds. The SMILES string of the molecule is COc1cccc(CNC(=O)c2cc(-c3nnn(C[C@@H]4CCCNC4)n3)cc(C)n2)c1. The van der Waals surface area contributed by atoms with E-state index in [4.69, 9.17) is 4.74 Å². The van der Waals surface area contributed by atoms with Gasteiger partial charge in [0.25, 0.3) is 5.91 Å². The fourth-order valence-electron chi connectivity index (χ4n) is 3.72. The zero-order valence-electron chi connectivity index (χ0n) is 17.8. The lowest BCUT2D eigenvalue weighted by atomic mass is 10.0. The molecular weight excluding hydrogens is 394 g/mol. The van der Waals surface area contributed by atoms with Crippen molar-refractivity contribution in [3.8, 4) is 17.1 Å². The second kappa shape index (κ2) is 9.65. The maximum Gasteiger partial charge on any atom is 0.270 e. The average Bonchev–Trinajstić information content (AvgIpc) is 3.26. The van der Waals surface area contributed by atoms with Gasteiger partial charge in [-0.25, -0.2) is 4.98 Å². The molecule has 9 heteroatoms. The molecule has 2 aromatic heterocycles. The Morgan fingerprint density at radius 2 is 2.23 bits per heavy atom. The highest BCUT2D eigenvalue weighted by molar-refractivity contribution is 5.93. The van der Waals surface area contributed by atoms with Gasteiger partial charge in [-0.15, -0.1) is 10.2 Å². The van der Waals surface area contributed by atoms with Gasteiger partial charge >= 0.3 is 0 Å². The summed E-state index contributed by atoms with van der Waals surface area (Å²) < 4.78 is 5.23. The number of methoxy groups -OCH3 is 1. The molecule has 3 heterocycles. The Balaban J connectivity index is 1.44. The predicted octanol–water partition coefficient (Wildman–Crippen LogP) is 1.98. The Hall–Kier alpha value is -3.33. The number of ether oxygens (including phenoxy) is 1. The van der Waals surface area contributed by atoms with Crippen LogP contribution in [0.2, 0.25) is 0 Å². The highest BCUT2D eigenvalue weighted by atomic mass is 16.5. The molecule has 1 saturated heterocycles. The minimum Gasteiger partial charge on any atom is -0.497 e. The van der Waals surface area contributed by atoms with Crippen LogP contribution >= 0.6 is 0 Å². The molecular formula is C22H27N7O2. The number of aromatic nitrogens is 5. The molecule has 3 aromatic rings. The van der Waals surface area contributed by atoms with Gasteiger partial charge in [-0.2, -0.15) is 4.80 Å². The third kappa shape index (κ3) is 5.43. The Morgan fingerprint density at radius 1 is 1.32 bits per heavy atom. The fraction of sp³-hybridized carbons (Fsp3) is 0.409. The first-order valence-electron chi connectivity index (χ1n) is 10.5. The van der Waals surface area contributed by atoms with Crippen LogP contribution < -0.4 is 15.4 Å². The Labute approximate surface area is 181 Å². The molecule has 0 radical (unpaired) electrons. The maximum absolute atomic E-state index is 12.7. The van der Waals surface area contributed by atoms with E-state index < -0.39 is 0 Å². The third-order valence-corrected chi connectivity index (χ3v) is 5.30. The van der Waals surface area contributed by atoms with E-state index in [2.05, 4.69) is 31.0 Å². The maximum atomic E-state index is 12.7. The summed E-state index contributed by atoms with van der Waals surface area (Å²) in [7, 11) is 1.62. The Kier molecular flexibility index (Phi) is 6.51. The molecule has 0 aliphatic carbocycles. The van der Waals surface area contributed by atoms with E-state index >= 15 is 0 Å². The summed E-state index contributed by atoms with van der Waals surface area (Å²) in [5, 5.41) is 19.2. The van der Waals surface area contributed by atoms with Gasteiger partial charge in [0.1, 0.15) is 11.4 Å². The van der Waals surface area contributed by atoms with Crippen LogP contribution in [0.25, 0.3) is 11.4 Å². The van der Waals surface area contributed by atoms with Crippen molar-refractivity contribution in [2.45, 2.75) is 32.9 Å². The zero-order valence-corrected chi connectivity index (χ0v) is 17.8. The number of hydrogen-bond donors (Lipinski definition) is 2. The normalized spacial score (nSPS) is 16.1. The van der Waals surface area contributed by atoms with E-state index in [0.717, 1.165) is 48.6 Å². The molecule has 1 atom stereocenters. The van der Waals surface area contributed by atoms with E-state index in [-0.39, 0.29) is 5.91 Å². The first-order valence-corrected chi connectivity index (χ1v) is 10.5. The summed E-state index contributed by atoms with van der Waals surface area (Å²) in [6.45, 7) is 5.01. The van der Waals surface area contributed by atoms with Crippen molar-refractivity contribution in [2.75, 3.05) is 20.2 Å². The standard InChI is InChI=1S/C22H27N7O2/c1-15-9-18(21-26-28-29(27-21)14-17-6-4-8-23-12-17)11-20(25-15)22(30)24-13-16-5-3-7-19(10-16)31-2/h3,5,7,9-11,17,23H,4,6,8,12-14H2,1-2H3,(H,24,30)/t17-/m1/s1. The lowest BCUT2D eigenvalue weighted by Gasteiger charge is -2.21. The average molecular weight is 422 g/mol. The number of tetrazole rings is 1. The van der Waals surface area contributed by atoms with Gasteiger partial charge in [0.05, 0.1) is 13.7 Å². The van der Waals surface area contributed by atoms with Crippen LogP contribution in [0.4, 0.5) is 0 Å². The molecule has 1 fully saturated rings. The van der Waals surface area contributed by atoms with Crippen molar-refractivity contribution in [1.29, 1.82) is 0 Å². The summed E-state index contributed by atoms with van der Waals surface area (Å²) >= 11 is 0. The van der Waals surface area contributed by atoms with Crippen LogP contribution in [0.15, 0.2) is 36.4 Å². The van der Waals surface area contributed by atoms with E-state index in [9.17, 15) is 4.79 Å². The number of pyridine rings is 1. The van der Waals surface area contributed by atoms with Crippen molar-refractivity contribution in [3.05, 3.63) is 53.3 Å². The van der Waals surface area contributed by atoms with Crippen LogP contribution in [0, 0.1) is 12.8 Å². The number of nitrogens with one attached hydrogen (secondary N) is 2. The molecule has 9 nitrogen and oxygen atoms in total. The molecule has 0 spiro atoms. The number of amides is 1. The van der Waals surface area contributed by atoms with E-state index in [1.807, 2.05) is 37.3 Å². The molecule has 1 aliphatic heterocycles. The van der Waals surface area contributed by atoms with Crippen LogP contribution in [-0.4, -0.2) is 51.3 Å². The van der Waals surface area contributed by atoms with Crippen molar-refractivity contribution in [3.63, 3.8) is 0 Å².